The molecule has 2 N–H and O–H groups in total. The topological polar surface area (TPSA) is 69.6 Å². The van der Waals surface area contributed by atoms with Gasteiger partial charge in [-0.05, 0) is 31.7 Å². The number of carboxylic acids is 1. The van der Waals surface area contributed by atoms with E-state index in [2.05, 4.69) is 36.5 Å². The van der Waals surface area contributed by atoms with Gasteiger partial charge in [0.25, 0.3) is 0 Å². The van der Waals surface area contributed by atoms with Crippen molar-refractivity contribution in [1.82, 2.24) is 10.2 Å². The van der Waals surface area contributed by atoms with E-state index >= 15 is 0 Å². The third-order valence-corrected chi connectivity index (χ3v) is 4.48. The molecule has 0 bridgehead atoms. The maximum Gasteiger partial charge on any atom is 0.317 e. The number of aliphatic carboxylic acids is 1. The number of amides is 2. The van der Waals surface area contributed by atoms with Crippen LogP contribution in [0.3, 0.4) is 0 Å². The number of rotatable bonds is 4. The molecule has 0 aliphatic carbocycles. The number of hydrogen-bond donors (Lipinski definition) is 2. The summed E-state index contributed by atoms with van der Waals surface area (Å²) in [5.74, 6) is -0.617. The molecule has 0 aromatic heterocycles. The zero-order valence-electron chi connectivity index (χ0n) is 13.4. The van der Waals surface area contributed by atoms with Crippen LogP contribution in [0.1, 0.15) is 37.3 Å². The molecule has 1 heterocycles. The summed E-state index contributed by atoms with van der Waals surface area (Å²) in [5.41, 5.74) is 1.58. The molecule has 2 unspecified atom stereocenters. The SMILES string of the molecule is Cc1ccc(C(C)CNC(=O)N2CCC(C)(C(=O)O)C2)cc1. The average molecular weight is 304 g/mol. The summed E-state index contributed by atoms with van der Waals surface area (Å²) in [6.07, 6.45) is 0.503. The molecular weight excluding hydrogens is 280 g/mol. The normalized spacial score (nSPS) is 22.4. The summed E-state index contributed by atoms with van der Waals surface area (Å²) >= 11 is 0. The van der Waals surface area contributed by atoms with E-state index in [1.54, 1.807) is 11.8 Å². The number of aryl methyl sites for hydroxylation is 1. The van der Waals surface area contributed by atoms with Crippen molar-refractivity contribution >= 4 is 12.0 Å². The second-order valence-corrected chi connectivity index (χ2v) is 6.54. The minimum absolute atomic E-state index is 0.177. The Morgan fingerprint density at radius 1 is 1.36 bits per heavy atom. The Balaban J connectivity index is 1.86. The molecule has 2 amide bonds. The van der Waals surface area contributed by atoms with Crippen LogP contribution in [-0.2, 0) is 4.79 Å². The van der Waals surface area contributed by atoms with Gasteiger partial charge in [0.1, 0.15) is 0 Å². The Kier molecular flexibility index (Phi) is 4.74. The summed E-state index contributed by atoms with van der Waals surface area (Å²) in [7, 11) is 0. The molecule has 1 fully saturated rings. The number of carbonyl (C=O) groups excluding carboxylic acids is 1. The smallest absolute Gasteiger partial charge is 0.317 e. The molecule has 0 radical (unpaired) electrons. The van der Waals surface area contributed by atoms with Crippen LogP contribution in [0, 0.1) is 12.3 Å². The first kappa shape index (κ1) is 16.3. The zero-order valence-corrected chi connectivity index (χ0v) is 13.4. The third kappa shape index (κ3) is 3.59. The van der Waals surface area contributed by atoms with Gasteiger partial charge >= 0.3 is 12.0 Å². The highest BCUT2D eigenvalue weighted by molar-refractivity contribution is 5.79. The first-order valence-corrected chi connectivity index (χ1v) is 7.64. The van der Waals surface area contributed by atoms with E-state index in [4.69, 9.17) is 0 Å². The summed E-state index contributed by atoms with van der Waals surface area (Å²) in [6, 6.07) is 8.09. The van der Waals surface area contributed by atoms with Gasteiger partial charge in [0.05, 0.1) is 5.41 Å². The molecule has 120 valence electrons. The van der Waals surface area contributed by atoms with Crippen molar-refractivity contribution in [3.05, 3.63) is 35.4 Å². The van der Waals surface area contributed by atoms with Gasteiger partial charge in [0.15, 0.2) is 0 Å². The monoisotopic (exact) mass is 304 g/mol. The summed E-state index contributed by atoms with van der Waals surface area (Å²) in [6.45, 7) is 7.11. The molecule has 0 spiro atoms. The van der Waals surface area contributed by atoms with E-state index in [1.165, 1.54) is 11.1 Å². The Labute approximate surface area is 131 Å². The van der Waals surface area contributed by atoms with E-state index in [-0.39, 0.29) is 18.5 Å². The van der Waals surface area contributed by atoms with Crippen molar-refractivity contribution in [3.8, 4) is 0 Å². The van der Waals surface area contributed by atoms with Crippen LogP contribution < -0.4 is 5.32 Å². The number of nitrogens with one attached hydrogen (secondary N) is 1. The average Bonchev–Trinajstić information content (AvgIpc) is 2.89. The summed E-state index contributed by atoms with van der Waals surface area (Å²) in [4.78, 5) is 25.0. The highest BCUT2D eigenvalue weighted by Crippen LogP contribution is 2.30. The van der Waals surface area contributed by atoms with Gasteiger partial charge in [-0.3, -0.25) is 4.79 Å². The standard InChI is InChI=1S/C17H24N2O3/c1-12-4-6-14(7-5-12)13(2)10-18-16(22)19-9-8-17(3,11-19)15(20)21/h4-7,13H,8-11H2,1-3H3,(H,18,22)(H,20,21). The maximum absolute atomic E-state index is 12.2. The Morgan fingerprint density at radius 3 is 2.55 bits per heavy atom. The van der Waals surface area contributed by atoms with E-state index in [9.17, 15) is 14.7 Å². The zero-order chi connectivity index (χ0) is 16.3. The van der Waals surface area contributed by atoms with Crippen molar-refractivity contribution in [2.75, 3.05) is 19.6 Å². The second kappa shape index (κ2) is 6.38. The maximum atomic E-state index is 12.2. The predicted octanol–water partition coefficient (Wildman–Crippen LogP) is 2.60. The second-order valence-electron chi connectivity index (χ2n) is 6.54. The molecule has 1 aliphatic heterocycles. The number of hydrogen-bond acceptors (Lipinski definition) is 2. The van der Waals surface area contributed by atoms with Crippen molar-refractivity contribution in [2.24, 2.45) is 5.41 Å². The molecule has 22 heavy (non-hydrogen) atoms. The van der Waals surface area contributed by atoms with Gasteiger partial charge in [0.2, 0.25) is 0 Å². The van der Waals surface area contributed by atoms with Crippen molar-refractivity contribution < 1.29 is 14.7 Å². The highest BCUT2D eigenvalue weighted by Gasteiger charge is 2.42. The quantitative estimate of drug-likeness (QED) is 0.898. The Hall–Kier alpha value is -2.04. The Bertz CT molecular complexity index is 556. The number of likely N-dealkylation sites (tertiary alicyclic amines) is 1. The molecule has 1 aromatic carbocycles. The molecule has 1 saturated heterocycles. The van der Waals surface area contributed by atoms with Crippen LogP contribution in [0.4, 0.5) is 4.79 Å². The van der Waals surface area contributed by atoms with Crippen LogP contribution in [0.25, 0.3) is 0 Å². The molecule has 2 atom stereocenters. The largest absolute Gasteiger partial charge is 0.481 e. The fourth-order valence-electron chi connectivity index (χ4n) is 2.67. The van der Waals surface area contributed by atoms with Crippen molar-refractivity contribution in [3.63, 3.8) is 0 Å². The molecular formula is C17H24N2O3. The van der Waals surface area contributed by atoms with Crippen molar-refractivity contribution in [1.29, 1.82) is 0 Å². The molecule has 5 heteroatoms. The predicted molar refractivity (Wildman–Crippen MR) is 84.9 cm³/mol. The van der Waals surface area contributed by atoms with Gasteiger partial charge < -0.3 is 15.3 Å². The number of carbonyl (C=O) groups is 2. The van der Waals surface area contributed by atoms with Crippen LogP contribution >= 0.6 is 0 Å². The van der Waals surface area contributed by atoms with Gasteiger partial charge in [-0.1, -0.05) is 36.8 Å². The van der Waals surface area contributed by atoms with Gasteiger partial charge in [-0.2, -0.15) is 0 Å². The minimum Gasteiger partial charge on any atom is -0.481 e. The molecule has 0 saturated carbocycles. The summed E-state index contributed by atoms with van der Waals surface area (Å²) < 4.78 is 0. The fraction of sp³-hybridized carbons (Fsp3) is 0.529. The molecule has 1 aromatic rings. The van der Waals surface area contributed by atoms with E-state index in [1.807, 2.05) is 6.92 Å². The number of nitrogens with zero attached hydrogens (tertiary/aromatic N) is 1. The van der Waals surface area contributed by atoms with E-state index < -0.39 is 11.4 Å². The number of urea groups is 1. The fourth-order valence-corrected chi connectivity index (χ4v) is 2.67. The lowest BCUT2D eigenvalue weighted by molar-refractivity contribution is -0.146. The van der Waals surface area contributed by atoms with Crippen molar-refractivity contribution in [2.45, 2.75) is 33.1 Å². The third-order valence-electron chi connectivity index (χ3n) is 4.48. The summed E-state index contributed by atoms with van der Waals surface area (Å²) in [5, 5.41) is 12.1. The highest BCUT2D eigenvalue weighted by atomic mass is 16.4. The minimum atomic E-state index is -0.837. The molecule has 1 aliphatic rings. The number of carboxylic acid groups (broad SMARTS) is 1. The Morgan fingerprint density at radius 2 is 2.00 bits per heavy atom. The van der Waals surface area contributed by atoms with Crippen LogP contribution in [-0.4, -0.2) is 41.6 Å². The first-order valence-electron chi connectivity index (χ1n) is 7.64. The van der Waals surface area contributed by atoms with E-state index in [0.717, 1.165) is 0 Å². The lowest BCUT2D eigenvalue weighted by atomic mass is 9.90. The van der Waals surface area contributed by atoms with Crippen LogP contribution in [0.2, 0.25) is 0 Å². The van der Waals surface area contributed by atoms with Gasteiger partial charge in [0, 0.05) is 19.6 Å². The molecule has 2 rings (SSSR count). The van der Waals surface area contributed by atoms with Gasteiger partial charge in [-0.15, -0.1) is 0 Å². The van der Waals surface area contributed by atoms with Crippen LogP contribution in [0.5, 0.6) is 0 Å². The number of benzene rings is 1. The molecule has 5 nitrogen and oxygen atoms in total. The van der Waals surface area contributed by atoms with E-state index in [0.29, 0.717) is 19.5 Å². The van der Waals surface area contributed by atoms with Gasteiger partial charge in [-0.25, -0.2) is 4.79 Å². The first-order chi connectivity index (χ1) is 10.3. The lowest BCUT2D eigenvalue weighted by Gasteiger charge is -2.21. The van der Waals surface area contributed by atoms with Crippen LogP contribution in [0.15, 0.2) is 24.3 Å². The lowest BCUT2D eigenvalue weighted by Crippen LogP contribution is -2.42.